The Labute approximate surface area is 138 Å². The molecule has 0 fully saturated rings. The molecule has 0 saturated heterocycles. The number of carbonyl (C=O) groups excluding carboxylic acids is 1. The molecule has 4 N–H and O–H groups in total. The second-order valence-electron chi connectivity index (χ2n) is 4.65. The van der Waals surface area contributed by atoms with Gasteiger partial charge in [0.25, 0.3) is 5.91 Å². The predicted octanol–water partition coefficient (Wildman–Crippen LogP) is 2.77. The van der Waals surface area contributed by atoms with Crippen LogP contribution in [0.5, 0.6) is 0 Å². The first-order chi connectivity index (χ1) is 10.4. The third-order valence-electron chi connectivity index (χ3n) is 3.00. The number of primary amides is 1. The number of halogens is 1. The van der Waals surface area contributed by atoms with E-state index in [1.807, 2.05) is 26.0 Å². The van der Waals surface area contributed by atoms with Crippen LogP contribution in [0.2, 0.25) is 5.02 Å². The maximum absolute atomic E-state index is 11.4. The lowest BCUT2D eigenvalue weighted by Crippen LogP contribution is -2.21. The van der Waals surface area contributed by atoms with Gasteiger partial charge in [0, 0.05) is 23.5 Å². The number of carbonyl (C=O) groups is 1. The van der Waals surface area contributed by atoms with Crippen molar-refractivity contribution in [2.24, 2.45) is 5.73 Å². The van der Waals surface area contributed by atoms with Crippen molar-refractivity contribution in [3.63, 3.8) is 0 Å². The minimum absolute atomic E-state index is 0.146. The van der Waals surface area contributed by atoms with Crippen molar-refractivity contribution in [1.29, 1.82) is 0 Å². The summed E-state index contributed by atoms with van der Waals surface area (Å²) in [6.07, 6.45) is 1.68. The fraction of sp³-hybridized carbons (Fsp3) is 0.214. The van der Waals surface area contributed by atoms with Crippen molar-refractivity contribution in [3.05, 3.63) is 40.7 Å². The Morgan fingerprint density at radius 2 is 2.18 bits per heavy atom. The third kappa shape index (κ3) is 3.75. The van der Waals surface area contributed by atoms with Gasteiger partial charge in [0.15, 0.2) is 10.8 Å². The summed E-state index contributed by atoms with van der Waals surface area (Å²) in [5, 5.41) is 11.0. The van der Waals surface area contributed by atoms with E-state index in [1.54, 1.807) is 16.9 Å². The number of thiocarbonyl (C=S) groups is 1. The van der Waals surface area contributed by atoms with Crippen LogP contribution in [0.4, 0.5) is 11.4 Å². The van der Waals surface area contributed by atoms with Crippen LogP contribution in [0.3, 0.4) is 0 Å². The lowest BCUT2D eigenvalue weighted by molar-refractivity contribution is 0.0995. The largest absolute Gasteiger partial charge is 0.364 e. The molecule has 8 heteroatoms. The first kappa shape index (κ1) is 16.3. The van der Waals surface area contributed by atoms with E-state index in [0.717, 1.165) is 11.3 Å². The summed E-state index contributed by atoms with van der Waals surface area (Å²) in [5.41, 5.74) is 7.65. The van der Waals surface area contributed by atoms with Crippen LogP contribution < -0.4 is 16.4 Å². The molecule has 0 aliphatic heterocycles. The minimum Gasteiger partial charge on any atom is -0.364 e. The molecular weight excluding hydrogens is 322 g/mol. The van der Waals surface area contributed by atoms with Crippen LogP contribution in [0.1, 0.15) is 23.0 Å². The van der Waals surface area contributed by atoms with E-state index in [-0.39, 0.29) is 5.69 Å². The Kier molecular flexibility index (Phi) is 4.99. The third-order valence-corrected chi connectivity index (χ3v) is 3.61. The summed E-state index contributed by atoms with van der Waals surface area (Å²) in [7, 11) is 0. The number of aromatic nitrogens is 2. The first-order valence-electron chi connectivity index (χ1n) is 6.62. The zero-order chi connectivity index (χ0) is 16.3. The Balaban J connectivity index is 2.13. The molecule has 0 spiro atoms. The maximum Gasteiger partial charge on any atom is 0.271 e. The average Bonchev–Trinajstić information content (AvgIpc) is 2.86. The van der Waals surface area contributed by atoms with Crippen molar-refractivity contribution < 1.29 is 4.79 Å². The SMILES string of the molecule is CCn1cc(NC(=S)Nc2ccc(C)c(Cl)c2)c(C(N)=O)n1. The molecule has 0 atom stereocenters. The standard InChI is InChI=1S/C14H16ClN5OS/c1-3-20-7-11(12(19-20)13(16)21)18-14(22)17-9-5-4-8(2)10(15)6-9/h4-7H,3H2,1-2H3,(H2,16,21)(H2,17,18,22). The molecule has 22 heavy (non-hydrogen) atoms. The number of nitrogens with one attached hydrogen (secondary N) is 2. The van der Waals surface area contributed by atoms with Crippen LogP contribution in [-0.2, 0) is 6.54 Å². The number of anilines is 2. The summed E-state index contributed by atoms with van der Waals surface area (Å²) < 4.78 is 1.60. The molecular formula is C14H16ClN5OS. The molecule has 6 nitrogen and oxygen atoms in total. The van der Waals surface area contributed by atoms with E-state index in [1.165, 1.54) is 0 Å². The predicted molar refractivity (Wildman–Crippen MR) is 92.5 cm³/mol. The second-order valence-corrected chi connectivity index (χ2v) is 5.47. The van der Waals surface area contributed by atoms with E-state index in [2.05, 4.69) is 15.7 Å². The number of nitrogens with zero attached hydrogens (tertiary/aromatic N) is 2. The summed E-state index contributed by atoms with van der Waals surface area (Å²) >= 11 is 11.3. The van der Waals surface area contributed by atoms with E-state index in [4.69, 9.17) is 29.6 Å². The maximum atomic E-state index is 11.4. The Bertz CT molecular complexity index is 728. The lowest BCUT2D eigenvalue weighted by Gasteiger charge is -2.10. The molecule has 0 bridgehead atoms. The number of aryl methyl sites for hydroxylation is 2. The Morgan fingerprint density at radius 3 is 2.77 bits per heavy atom. The van der Waals surface area contributed by atoms with Gasteiger partial charge in [-0.05, 0) is 43.8 Å². The molecule has 0 aliphatic carbocycles. The van der Waals surface area contributed by atoms with Gasteiger partial charge in [-0.25, -0.2) is 0 Å². The summed E-state index contributed by atoms with van der Waals surface area (Å²) in [5.74, 6) is -0.615. The molecule has 0 saturated carbocycles. The highest BCUT2D eigenvalue weighted by Gasteiger charge is 2.14. The lowest BCUT2D eigenvalue weighted by atomic mass is 10.2. The van der Waals surface area contributed by atoms with E-state index >= 15 is 0 Å². The van der Waals surface area contributed by atoms with Crippen molar-refractivity contribution in [2.45, 2.75) is 20.4 Å². The van der Waals surface area contributed by atoms with Gasteiger partial charge >= 0.3 is 0 Å². The molecule has 2 rings (SSSR count). The minimum atomic E-state index is -0.615. The number of benzene rings is 1. The molecule has 2 aromatic rings. The first-order valence-corrected chi connectivity index (χ1v) is 7.40. The van der Waals surface area contributed by atoms with Gasteiger partial charge in [-0.15, -0.1) is 0 Å². The number of rotatable bonds is 4. The molecule has 1 amide bonds. The average molecular weight is 338 g/mol. The van der Waals surface area contributed by atoms with Gasteiger partial charge in [0.1, 0.15) is 0 Å². The molecule has 0 radical (unpaired) electrons. The van der Waals surface area contributed by atoms with Gasteiger partial charge in [-0.1, -0.05) is 17.7 Å². The molecule has 0 aliphatic rings. The van der Waals surface area contributed by atoms with E-state index < -0.39 is 5.91 Å². The van der Waals surface area contributed by atoms with Gasteiger partial charge in [0.2, 0.25) is 0 Å². The number of amides is 1. The molecule has 1 heterocycles. The molecule has 1 aromatic carbocycles. The second kappa shape index (κ2) is 6.76. The number of hydrogen-bond acceptors (Lipinski definition) is 3. The highest BCUT2D eigenvalue weighted by Crippen LogP contribution is 2.20. The van der Waals surface area contributed by atoms with Crippen LogP contribution in [0, 0.1) is 6.92 Å². The normalized spacial score (nSPS) is 10.3. The number of nitrogens with two attached hydrogens (primary N) is 1. The van der Waals surface area contributed by atoms with Crippen LogP contribution in [-0.4, -0.2) is 20.8 Å². The van der Waals surface area contributed by atoms with Gasteiger partial charge in [-0.2, -0.15) is 5.10 Å². The van der Waals surface area contributed by atoms with Crippen LogP contribution >= 0.6 is 23.8 Å². The highest BCUT2D eigenvalue weighted by molar-refractivity contribution is 7.80. The fourth-order valence-corrected chi connectivity index (χ4v) is 2.22. The zero-order valence-electron chi connectivity index (χ0n) is 12.2. The van der Waals surface area contributed by atoms with Gasteiger partial charge in [-0.3, -0.25) is 9.48 Å². The van der Waals surface area contributed by atoms with E-state index in [9.17, 15) is 4.79 Å². The summed E-state index contributed by atoms with van der Waals surface area (Å²) in [6, 6.07) is 5.52. The van der Waals surface area contributed by atoms with Crippen LogP contribution in [0.15, 0.2) is 24.4 Å². The zero-order valence-corrected chi connectivity index (χ0v) is 13.8. The van der Waals surface area contributed by atoms with Crippen molar-refractivity contribution in [3.8, 4) is 0 Å². The van der Waals surface area contributed by atoms with Crippen molar-refractivity contribution in [2.75, 3.05) is 10.6 Å². The van der Waals surface area contributed by atoms with Crippen molar-refractivity contribution in [1.82, 2.24) is 9.78 Å². The van der Waals surface area contributed by atoms with Crippen LogP contribution in [0.25, 0.3) is 0 Å². The summed E-state index contributed by atoms with van der Waals surface area (Å²) in [6.45, 7) is 4.45. The Morgan fingerprint density at radius 1 is 1.45 bits per heavy atom. The topological polar surface area (TPSA) is 85.0 Å². The Hall–Kier alpha value is -2.12. The molecule has 116 valence electrons. The quantitative estimate of drug-likeness (QED) is 0.747. The smallest absolute Gasteiger partial charge is 0.271 e. The fourth-order valence-electron chi connectivity index (χ4n) is 1.81. The van der Waals surface area contributed by atoms with Gasteiger partial charge < -0.3 is 16.4 Å². The number of hydrogen-bond donors (Lipinski definition) is 3. The highest BCUT2D eigenvalue weighted by atomic mass is 35.5. The molecule has 1 aromatic heterocycles. The summed E-state index contributed by atoms with van der Waals surface area (Å²) in [4.78, 5) is 11.4. The molecule has 0 unspecified atom stereocenters. The monoisotopic (exact) mass is 337 g/mol. The van der Waals surface area contributed by atoms with Gasteiger partial charge in [0.05, 0.1) is 5.69 Å². The van der Waals surface area contributed by atoms with Crippen molar-refractivity contribution >= 4 is 46.2 Å². The van der Waals surface area contributed by atoms with E-state index in [0.29, 0.717) is 22.4 Å².